The third kappa shape index (κ3) is 5.55. The number of alkyl halides is 3. The van der Waals surface area contributed by atoms with Crippen molar-refractivity contribution in [3.63, 3.8) is 0 Å². The molecule has 0 fully saturated rings. The van der Waals surface area contributed by atoms with Gasteiger partial charge >= 0.3 is 12.1 Å². The van der Waals surface area contributed by atoms with E-state index in [1.807, 2.05) is 0 Å². The fourth-order valence-electron chi connectivity index (χ4n) is 3.65. The Labute approximate surface area is 188 Å². The molecule has 0 radical (unpaired) electrons. The van der Waals surface area contributed by atoms with Crippen LogP contribution >= 0.6 is 0 Å². The van der Waals surface area contributed by atoms with Crippen LogP contribution in [0.25, 0.3) is 0 Å². The molecule has 1 aromatic carbocycles. The Morgan fingerprint density at radius 3 is 2.39 bits per heavy atom. The number of aliphatic carboxylic acids is 1. The van der Waals surface area contributed by atoms with E-state index in [4.69, 9.17) is 5.11 Å². The first-order chi connectivity index (χ1) is 15.2. The maximum Gasteiger partial charge on any atom is 0.416 e. The highest BCUT2D eigenvalue weighted by atomic mass is 32.2. The Bertz CT molecular complexity index is 1270. The van der Waals surface area contributed by atoms with Crippen molar-refractivity contribution in [3.05, 3.63) is 41.2 Å². The van der Waals surface area contributed by atoms with Gasteiger partial charge in [-0.3, -0.25) is 14.8 Å². The summed E-state index contributed by atoms with van der Waals surface area (Å²) in [5.74, 6) is -2.31. The first kappa shape index (κ1) is 25.2. The van der Waals surface area contributed by atoms with E-state index in [0.29, 0.717) is 42.7 Å². The van der Waals surface area contributed by atoms with Crippen molar-refractivity contribution in [3.8, 4) is 0 Å². The molecule has 33 heavy (non-hydrogen) atoms. The van der Waals surface area contributed by atoms with Crippen molar-refractivity contribution in [1.29, 1.82) is 0 Å². The molecule has 2 aromatic rings. The van der Waals surface area contributed by atoms with Crippen molar-refractivity contribution in [2.75, 3.05) is 11.6 Å². The van der Waals surface area contributed by atoms with E-state index in [1.54, 1.807) is 0 Å². The van der Waals surface area contributed by atoms with Crippen LogP contribution in [0.2, 0.25) is 0 Å². The van der Waals surface area contributed by atoms with Crippen molar-refractivity contribution < 1.29 is 39.9 Å². The quantitative estimate of drug-likeness (QED) is 0.553. The molecule has 2 N–H and O–H groups in total. The smallest absolute Gasteiger partial charge is 0.416 e. The summed E-state index contributed by atoms with van der Waals surface area (Å²) in [5.41, 5.74) is -0.101. The second kappa shape index (κ2) is 9.06. The SMILES string of the molecule is CCS(=O)(=O)c1cc(C(F)(F)F)cc(S(=O)(=O)CN[C@@H]2CCCc3c2cnn3CC(=O)O)c1. The van der Waals surface area contributed by atoms with Gasteiger partial charge in [-0.2, -0.15) is 18.3 Å². The average Bonchev–Trinajstić information content (AvgIpc) is 3.14. The van der Waals surface area contributed by atoms with Crippen LogP contribution in [0.4, 0.5) is 13.2 Å². The topological polar surface area (TPSA) is 135 Å². The lowest BCUT2D eigenvalue weighted by Crippen LogP contribution is -2.30. The minimum absolute atomic E-state index is 0.348. The van der Waals surface area contributed by atoms with Gasteiger partial charge in [0.25, 0.3) is 0 Å². The average molecular weight is 510 g/mol. The molecule has 1 aliphatic rings. The molecule has 1 heterocycles. The molecule has 0 amide bonds. The van der Waals surface area contributed by atoms with Crippen molar-refractivity contribution >= 4 is 25.6 Å². The van der Waals surface area contributed by atoms with Crippen LogP contribution in [-0.2, 0) is 43.6 Å². The number of halogens is 3. The number of sulfone groups is 2. The highest BCUT2D eigenvalue weighted by molar-refractivity contribution is 7.92. The minimum atomic E-state index is -4.94. The summed E-state index contributed by atoms with van der Waals surface area (Å²) >= 11 is 0. The lowest BCUT2D eigenvalue weighted by Gasteiger charge is -2.24. The van der Waals surface area contributed by atoms with Crippen LogP contribution in [-0.4, -0.2) is 49.3 Å². The molecule has 0 saturated heterocycles. The number of carboxylic acid groups (broad SMARTS) is 1. The molecule has 0 unspecified atom stereocenters. The second-order valence-corrected chi connectivity index (χ2v) is 11.9. The summed E-state index contributed by atoms with van der Waals surface area (Å²) in [5, 5.41) is 15.8. The number of hydrogen-bond donors (Lipinski definition) is 2. The zero-order chi connectivity index (χ0) is 24.6. The third-order valence-electron chi connectivity index (χ3n) is 5.37. The van der Waals surface area contributed by atoms with Crippen LogP contribution in [0.1, 0.15) is 42.6 Å². The van der Waals surface area contributed by atoms with Gasteiger partial charge < -0.3 is 5.11 Å². The summed E-state index contributed by atoms with van der Waals surface area (Å²) in [7, 11) is -8.44. The lowest BCUT2D eigenvalue weighted by molar-refractivity contribution is -0.138. The Hall–Kier alpha value is -2.45. The van der Waals surface area contributed by atoms with Gasteiger partial charge in [0.15, 0.2) is 19.7 Å². The van der Waals surface area contributed by atoms with Crippen molar-refractivity contribution in [2.24, 2.45) is 0 Å². The highest BCUT2D eigenvalue weighted by Gasteiger charge is 2.34. The second-order valence-electron chi connectivity index (χ2n) is 7.60. The number of carboxylic acids is 1. The first-order valence-electron chi connectivity index (χ1n) is 9.92. The molecular weight excluding hydrogens is 487 g/mol. The van der Waals surface area contributed by atoms with Gasteiger partial charge in [-0.05, 0) is 37.5 Å². The normalized spacial score (nSPS) is 17.0. The molecule has 0 aliphatic heterocycles. The Kier molecular flexibility index (Phi) is 6.92. The number of hydrogen-bond acceptors (Lipinski definition) is 7. The molecule has 0 saturated carbocycles. The molecule has 0 spiro atoms. The van der Waals surface area contributed by atoms with Crippen molar-refractivity contribution in [1.82, 2.24) is 15.1 Å². The van der Waals surface area contributed by atoms with Gasteiger partial charge in [0, 0.05) is 17.3 Å². The van der Waals surface area contributed by atoms with Gasteiger partial charge in [0.1, 0.15) is 12.4 Å². The fraction of sp³-hybridized carbons (Fsp3) is 0.474. The molecule has 3 rings (SSSR count). The van der Waals surface area contributed by atoms with Crippen LogP contribution in [0, 0.1) is 0 Å². The monoisotopic (exact) mass is 509 g/mol. The van der Waals surface area contributed by atoms with E-state index in [1.165, 1.54) is 17.8 Å². The van der Waals surface area contributed by atoms with Crippen molar-refractivity contribution in [2.45, 2.75) is 54.7 Å². The van der Waals surface area contributed by atoms with E-state index < -0.39 is 64.8 Å². The standard InChI is InChI=1S/C19H22F3N3O6S2/c1-2-32(28,29)13-6-12(19(20,21)22)7-14(8-13)33(30,31)11-23-16-4-3-5-17-15(16)9-24-25(17)10-18(26)27/h6-9,16,23H,2-5,10-11H2,1H3,(H,26,27)/t16-/m1/s1. The molecule has 14 heteroatoms. The molecule has 1 atom stereocenters. The number of carbonyl (C=O) groups is 1. The predicted octanol–water partition coefficient (Wildman–Crippen LogP) is 2.18. The van der Waals surface area contributed by atoms with Gasteiger partial charge in [-0.15, -0.1) is 0 Å². The van der Waals surface area contributed by atoms with E-state index >= 15 is 0 Å². The summed E-state index contributed by atoms with van der Waals surface area (Å²) < 4.78 is 91.3. The number of fused-ring (bicyclic) bond motifs is 1. The maximum absolute atomic E-state index is 13.3. The predicted molar refractivity (Wildman–Crippen MR) is 110 cm³/mol. The van der Waals surface area contributed by atoms with Crippen LogP contribution in [0.5, 0.6) is 0 Å². The van der Waals surface area contributed by atoms with Crippen LogP contribution in [0.3, 0.4) is 0 Å². The first-order valence-corrected chi connectivity index (χ1v) is 13.2. The van der Waals surface area contributed by atoms with Gasteiger partial charge in [0.05, 0.1) is 27.3 Å². The summed E-state index contributed by atoms with van der Waals surface area (Å²) in [6.45, 7) is 0.899. The summed E-state index contributed by atoms with van der Waals surface area (Å²) in [6, 6.07) is 1.08. The fourth-order valence-corrected chi connectivity index (χ4v) is 5.87. The third-order valence-corrected chi connectivity index (χ3v) is 8.59. The number of nitrogens with zero attached hydrogens (tertiary/aromatic N) is 2. The molecule has 182 valence electrons. The minimum Gasteiger partial charge on any atom is -0.480 e. The maximum atomic E-state index is 13.3. The number of nitrogens with one attached hydrogen (secondary N) is 1. The van der Waals surface area contributed by atoms with E-state index in [2.05, 4.69) is 10.4 Å². The Morgan fingerprint density at radius 1 is 1.18 bits per heavy atom. The number of rotatable bonds is 8. The van der Waals surface area contributed by atoms with E-state index in [9.17, 15) is 34.8 Å². The molecular formula is C19H22F3N3O6S2. The van der Waals surface area contributed by atoms with E-state index in [0.717, 1.165) is 6.07 Å². The van der Waals surface area contributed by atoms with Gasteiger partial charge in [-0.1, -0.05) is 6.92 Å². The van der Waals surface area contributed by atoms with Crippen LogP contribution < -0.4 is 5.32 Å². The number of benzene rings is 1. The molecule has 1 aromatic heterocycles. The van der Waals surface area contributed by atoms with Gasteiger partial charge in [-0.25, -0.2) is 16.8 Å². The summed E-state index contributed by atoms with van der Waals surface area (Å²) in [4.78, 5) is 9.52. The molecule has 0 bridgehead atoms. The van der Waals surface area contributed by atoms with E-state index in [-0.39, 0.29) is 6.54 Å². The molecule has 1 aliphatic carbocycles. The number of aromatic nitrogens is 2. The Morgan fingerprint density at radius 2 is 1.82 bits per heavy atom. The summed E-state index contributed by atoms with van der Waals surface area (Å²) in [6.07, 6.45) is -1.80. The van der Waals surface area contributed by atoms with Gasteiger partial charge in [0.2, 0.25) is 0 Å². The molecule has 9 nitrogen and oxygen atoms in total. The lowest BCUT2D eigenvalue weighted by atomic mass is 9.93. The highest BCUT2D eigenvalue weighted by Crippen LogP contribution is 2.34. The zero-order valence-corrected chi connectivity index (χ0v) is 19.1. The largest absolute Gasteiger partial charge is 0.480 e. The zero-order valence-electron chi connectivity index (χ0n) is 17.5. The Balaban J connectivity index is 1.90. The van der Waals surface area contributed by atoms with Crippen LogP contribution in [0.15, 0.2) is 34.2 Å².